The number of nitrogens with zero attached hydrogens (tertiary/aromatic N) is 2. The molecule has 1 heterocycles. The van der Waals surface area contributed by atoms with Gasteiger partial charge in [0.1, 0.15) is 5.82 Å². The van der Waals surface area contributed by atoms with Crippen LogP contribution >= 0.6 is 0 Å². The standard InChI is InChI=1S/C17H22N4O/c1-12(2)19-16-15(9-6-10-18-16)17(22)20-13-7-5-8-14(11-13)21(3)4/h5-12H,1-4H3,(H,18,19)(H,20,22). The van der Waals surface area contributed by atoms with Gasteiger partial charge in [-0.05, 0) is 44.2 Å². The lowest BCUT2D eigenvalue weighted by molar-refractivity contribution is 0.102. The van der Waals surface area contributed by atoms with E-state index in [9.17, 15) is 4.79 Å². The second-order valence-electron chi connectivity index (χ2n) is 5.60. The van der Waals surface area contributed by atoms with Gasteiger partial charge in [-0.25, -0.2) is 4.98 Å². The average Bonchev–Trinajstić information content (AvgIpc) is 2.47. The first kappa shape index (κ1) is 15.8. The van der Waals surface area contributed by atoms with Gasteiger partial charge >= 0.3 is 0 Å². The Bertz CT molecular complexity index is 653. The highest BCUT2D eigenvalue weighted by molar-refractivity contribution is 6.07. The molecule has 2 N–H and O–H groups in total. The highest BCUT2D eigenvalue weighted by atomic mass is 16.1. The fraction of sp³-hybridized carbons (Fsp3) is 0.294. The zero-order chi connectivity index (χ0) is 16.1. The summed E-state index contributed by atoms with van der Waals surface area (Å²) in [6, 6.07) is 11.5. The van der Waals surface area contributed by atoms with E-state index < -0.39 is 0 Å². The lowest BCUT2D eigenvalue weighted by Crippen LogP contribution is -2.19. The molecule has 0 bridgehead atoms. The second-order valence-corrected chi connectivity index (χ2v) is 5.60. The van der Waals surface area contributed by atoms with E-state index in [1.54, 1.807) is 18.3 Å². The number of hydrogen-bond acceptors (Lipinski definition) is 4. The third-order valence-corrected chi connectivity index (χ3v) is 3.10. The van der Waals surface area contributed by atoms with Crippen LogP contribution in [0.25, 0.3) is 0 Å². The normalized spacial score (nSPS) is 10.4. The van der Waals surface area contributed by atoms with Gasteiger partial charge in [-0.15, -0.1) is 0 Å². The number of hydrogen-bond donors (Lipinski definition) is 2. The average molecular weight is 298 g/mol. The molecule has 0 fully saturated rings. The number of aromatic nitrogens is 1. The van der Waals surface area contributed by atoms with Crippen LogP contribution in [-0.2, 0) is 0 Å². The molecule has 0 aliphatic carbocycles. The molecule has 2 aromatic rings. The maximum Gasteiger partial charge on any atom is 0.259 e. The quantitative estimate of drug-likeness (QED) is 0.890. The first-order chi connectivity index (χ1) is 10.5. The van der Waals surface area contributed by atoms with Crippen molar-refractivity contribution in [2.24, 2.45) is 0 Å². The van der Waals surface area contributed by atoms with Crippen molar-refractivity contribution in [2.75, 3.05) is 29.6 Å². The summed E-state index contributed by atoms with van der Waals surface area (Å²) in [6.45, 7) is 4.02. The monoisotopic (exact) mass is 298 g/mol. The van der Waals surface area contributed by atoms with Gasteiger partial charge in [-0.2, -0.15) is 0 Å². The Hall–Kier alpha value is -2.56. The van der Waals surface area contributed by atoms with Crippen molar-refractivity contribution in [1.29, 1.82) is 0 Å². The Kier molecular flexibility index (Phi) is 4.99. The van der Waals surface area contributed by atoms with Gasteiger partial charge in [-0.1, -0.05) is 6.07 Å². The molecule has 2 rings (SSSR count). The number of nitrogens with one attached hydrogen (secondary N) is 2. The van der Waals surface area contributed by atoms with Crippen molar-refractivity contribution in [3.05, 3.63) is 48.2 Å². The third-order valence-electron chi connectivity index (χ3n) is 3.10. The van der Waals surface area contributed by atoms with Crippen LogP contribution in [0, 0.1) is 0 Å². The summed E-state index contributed by atoms with van der Waals surface area (Å²) in [6.07, 6.45) is 1.67. The van der Waals surface area contributed by atoms with E-state index in [2.05, 4.69) is 15.6 Å². The van der Waals surface area contributed by atoms with Crippen molar-refractivity contribution in [1.82, 2.24) is 4.98 Å². The maximum atomic E-state index is 12.5. The number of benzene rings is 1. The smallest absolute Gasteiger partial charge is 0.259 e. The minimum atomic E-state index is -0.174. The minimum absolute atomic E-state index is 0.174. The summed E-state index contributed by atoms with van der Waals surface area (Å²) < 4.78 is 0. The molecule has 0 saturated carbocycles. The van der Waals surface area contributed by atoms with Gasteiger partial charge in [0.05, 0.1) is 5.56 Å². The molecular formula is C17H22N4O. The molecular weight excluding hydrogens is 276 g/mol. The fourth-order valence-electron chi connectivity index (χ4n) is 2.04. The second kappa shape index (κ2) is 6.93. The fourth-order valence-corrected chi connectivity index (χ4v) is 2.04. The summed E-state index contributed by atoms with van der Waals surface area (Å²) in [7, 11) is 3.93. The summed E-state index contributed by atoms with van der Waals surface area (Å²) in [5.74, 6) is 0.422. The van der Waals surface area contributed by atoms with Crippen LogP contribution in [0.5, 0.6) is 0 Å². The van der Waals surface area contributed by atoms with Gasteiger partial charge in [0, 0.05) is 37.7 Å². The number of rotatable bonds is 5. The summed E-state index contributed by atoms with van der Waals surface area (Å²) >= 11 is 0. The zero-order valence-corrected chi connectivity index (χ0v) is 13.4. The summed E-state index contributed by atoms with van der Waals surface area (Å²) in [5, 5.41) is 6.11. The van der Waals surface area contributed by atoms with Gasteiger partial charge in [0.25, 0.3) is 5.91 Å². The van der Waals surface area contributed by atoms with E-state index in [1.807, 2.05) is 57.1 Å². The molecule has 0 radical (unpaired) electrons. The van der Waals surface area contributed by atoms with Crippen LogP contribution in [-0.4, -0.2) is 31.0 Å². The Balaban J connectivity index is 2.21. The predicted molar refractivity (Wildman–Crippen MR) is 91.7 cm³/mol. The molecule has 0 atom stereocenters. The Morgan fingerprint density at radius 3 is 2.64 bits per heavy atom. The van der Waals surface area contributed by atoms with E-state index in [0.29, 0.717) is 11.4 Å². The van der Waals surface area contributed by atoms with Gasteiger partial charge in [0.2, 0.25) is 0 Å². The van der Waals surface area contributed by atoms with Crippen molar-refractivity contribution in [2.45, 2.75) is 19.9 Å². The lowest BCUT2D eigenvalue weighted by atomic mass is 10.2. The molecule has 5 heteroatoms. The number of pyridine rings is 1. The van der Waals surface area contributed by atoms with E-state index in [-0.39, 0.29) is 11.9 Å². The molecule has 5 nitrogen and oxygen atoms in total. The first-order valence-corrected chi connectivity index (χ1v) is 7.27. The molecule has 1 amide bonds. The van der Waals surface area contributed by atoms with E-state index in [4.69, 9.17) is 0 Å². The van der Waals surface area contributed by atoms with Crippen molar-refractivity contribution < 1.29 is 4.79 Å². The number of amides is 1. The van der Waals surface area contributed by atoms with E-state index in [1.165, 1.54) is 0 Å². The molecule has 22 heavy (non-hydrogen) atoms. The lowest BCUT2D eigenvalue weighted by Gasteiger charge is -2.15. The first-order valence-electron chi connectivity index (χ1n) is 7.27. The van der Waals surface area contributed by atoms with Crippen molar-refractivity contribution >= 4 is 23.1 Å². The SMILES string of the molecule is CC(C)Nc1ncccc1C(=O)Nc1cccc(N(C)C)c1. The molecule has 1 aromatic carbocycles. The molecule has 116 valence electrons. The van der Waals surface area contributed by atoms with Crippen LogP contribution in [0.3, 0.4) is 0 Å². The summed E-state index contributed by atoms with van der Waals surface area (Å²) in [5.41, 5.74) is 2.33. The van der Waals surface area contributed by atoms with Crippen molar-refractivity contribution in [3.8, 4) is 0 Å². The van der Waals surface area contributed by atoms with E-state index >= 15 is 0 Å². The minimum Gasteiger partial charge on any atom is -0.378 e. The van der Waals surface area contributed by atoms with Crippen LogP contribution in [0.15, 0.2) is 42.6 Å². The van der Waals surface area contributed by atoms with Gasteiger partial charge in [-0.3, -0.25) is 4.79 Å². The number of carbonyl (C=O) groups is 1. The topological polar surface area (TPSA) is 57.3 Å². The van der Waals surface area contributed by atoms with Gasteiger partial charge < -0.3 is 15.5 Å². The molecule has 0 aliphatic heterocycles. The molecule has 0 saturated heterocycles. The molecule has 0 aliphatic rings. The van der Waals surface area contributed by atoms with Crippen LogP contribution in [0.4, 0.5) is 17.2 Å². The van der Waals surface area contributed by atoms with Crippen LogP contribution < -0.4 is 15.5 Å². The largest absolute Gasteiger partial charge is 0.378 e. The molecule has 0 spiro atoms. The maximum absolute atomic E-state index is 12.5. The Labute approximate surface area is 131 Å². The Morgan fingerprint density at radius 2 is 1.95 bits per heavy atom. The molecule has 1 aromatic heterocycles. The van der Waals surface area contributed by atoms with E-state index in [0.717, 1.165) is 11.4 Å². The number of anilines is 3. The molecule has 0 unspecified atom stereocenters. The highest BCUT2D eigenvalue weighted by Crippen LogP contribution is 2.19. The van der Waals surface area contributed by atoms with Gasteiger partial charge in [0.15, 0.2) is 0 Å². The Morgan fingerprint density at radius 1 is 1.18 bits per heavy atom. The van der Waals surface area contributed by atoms with Crippen LogP contribution in [0.1, 0.15) is 24.2 Å². The zero-order valence-electron chi connectivity index (χ0n) is 13.4. The summed E-state index contributed by atoms with van der Waals surface area (Å²) in [4.78, 5) is 18.7. The number of carbonyl (C=O) groups excluding carboxylic acids is 1. The third kappa shape index (κ3) is 3.97. The van der Waals surface area contributed by atoms with Crippen LogP contribution in [0.2, 0.25) is 0 Å². The predicted octanol–water partition coefficient (Wildman–Crippen LogP) is 3.22. The highest BCUT2D eigenvalue weighted by Gasteiger charge is 2.13. The van der Waals surface area contributed by atoms with Crippen molar-refractivity contribution in [3.63, 3.8) is 0 Å².